The molecule has 0 bridgehead atoms. The van der Waals surface area contributed by atoms with Crippen molar-refractivity contribution in [1.82, 2.24) is 0 Å². The molecule has 0 aromatic heterocycles. The van der Waals surface area contributed by atoms with Crippen LogP contribution in [0.4, 0.5) is 0 Å². The predicted molar refractivity (Wildman–Crippen MR) is 50.4 cm³/mol. The van der Waals surface area contributed by atoms with Gasteiger partial charge >= 0.3 is 5.97 Å². The molecular formula is C6H14O3Si2. The first-order chi connectivity index (χ1) is 5.07. The summed E-state index contributed by atoms with van der Waals surface area (Å²) < 4.78 is 5.12. The van der Waals surface area contributed by atoms with Gasteiger partial charge in [-0.05, 0) is 12.5 Å². The molecule has 0 heterocycles. The van der Waals surface area contributed by atoms with Crippen molar-refractivity contribution in [2.75, 3.05) is 0 Å². The van der Waals surface area contributed by atoms with E-state index in [9.17, 15) is 4.79 Å². The van der Waals surface area contributed by atoms with Gasteiger partial charge < -0.3 is 9.22 Å². The highest BCUT2D eigenvalue weighted by molar-refractivity contribution is 6.36. The highest BCUT2D eigenvalue weighted by Gasteiger charge is 2.03. The van der Waals surface area contributed by atoms with E-state index in [0.717, 1.165) is 10.5 Å². The van der Waals surface area contributed by atoms with Crippen molar-refractivity contribution in [3.05, 3.63) is 11.6 Å². The van der Waals surface area contributed by atoms with Crippen LogP contribution in [-0.2, 0) is 8.91 Å². The van der Waals surface area contributed by atoms with E-state index < -0.39 is 15.7 Å². The second-order valence-electron chi connectivity index (χ2n) is 2.59. The minimum Gasteiger partial charge on any atom is -0.478 e. The lowest BCUT2D eigenvalue weighted by molar-refractivity contribution is -0.132. The van der Waals surface area contributed by atoms with Crippen LogP contribution in [0.5, 0.6) is 0 Å². The summed E-state index contributed by atoms with van der Waals surface area (Å²) >= 11 is 0. The molecule has 5 heteroatoms. The standard InChI is InChI=1S/C6H14O3Si2/c1-4(6(7)8)3-5(2)11-9-10/h3,5H,11H2,1-2,10H3,(H,7,8)/b4-3+. The van der Waals surface area contributed by atoms with E-state index in [0.29, 0.717) is 11.1 Å². The summed E-state index contributed by atoms with van der Waals surface area (Å²) in [7, 11) is 0.262. The third-order valence-corrected chi connectivity index (χ3v) is 3.40. The Kier molecular flexibility index (Phi) is 5.09. The lowest BCUT2D eigenvalue weighted by Gasteiger charge is -2.03. The molecule has 11 heavy (non-hydrogen) atoms. The Balaban J connectivity index is 3.96. The largest absolute Gasteiger partial charge is 0.478 e. The quantitative estimate of drug-likeness (QED) is 0.467. The normalized spacial score (nSPS) is 16.0. The monoisotopic (exact) mass is 190 g/mol. The number of hydrogen-bond acceptors (Lipinski definition) is 2. The molecule has 0 radical (unpaired) electrons. The fraction of sp³-hybridized carbons (Fsp3) is 0.500. The fourth-order valence-electron chi connectivity index (χ4n) is 0.809. The van der Waals surface area contributed by atoms with Gasteiger partial charge in [0.25, 0.3) is 0 Å². The van der Waals surface area contributed by atoms with E-state index in [1.807, 2.05) is 6.92 Å². The first-order valence-corrected chi connectivity index (χ1v) is 5.69. The predicted octanol–water partition coefficient (Wildman–Crippen LogP) is -0.794. The molecule has 0 rings (SSSR count). The number of aliphatic carboxylic acids is 1. The van der Waals surface area contributed by atoms with Gasteiger partial charge in [0.15, 0.2) is 9.76 Å². The lowest BCUT2D eigenvalue weighted by Crippen LogP contribution is -2.03. The van der Waals surface area contributed by atoms with Gasteiger partial charge in [0, 0.05) is 5.57 Å². The Morgan fingerprint density at radius 3 is 2.73 bits per heavy atom. The van der Waals surface area contributed by atoms with E-state index >= 15 is 0 Å². The number of carboxylic acids is 1. The van der Waals surface area contributed by atoms with Crippen LogP contribution in [0.1, 0.15) is 13.8 Å². The number of allylic oxidation sites excluding steroid dienone is 1. The van der Waals surface area contributed by atoms with Gasteiger partial charge in [-0.2, -0.15) is 0 Å². The van der Waals surface area contributed by atoms with Crippen LogP contribution in [0.3, 0.4) is 0 Å². The van der Waals surface area contributed by atoms with E-state index in [4.69, 9.17) is 9.22 Å². The number of rotatable bonds is 4. The summed E-state index contributed by atoms with van der Waals surface area (Å²) in [4.78, 5) is 10.4. The molecule has 1 atom stereocenters. The summed E-state index contributed by atoms with van der Waals surface area (Å²) in [5, 5.41) is 8.51. The van der Waals surface area contributed by atoms with Crippen molar-refractivity contribution in [3.63, 3.8) is 0 Å². The second-order valence-corrected chi connectivity index (χ2v) is 6.52. The molecule has 0 aliphatic heterocycles. The van der Waals surface area contributed by atoms with E-state index in [2.05, 4.69) is 0 Å². The molecule has 0 fully saturated rings. The van der Waals surface area contributed by atoms with Gasteiger partial charge in [-0.3, -0.25) is 0 Å². The van der Waals surface area contributed by atoms with Crippen LogP contribution < -0.4 is 0 Å². The molecule has 3 nitrogen and oxygen atoms in total. The van der Waals surface area contributed by atoms with Crippen LogP contribution >= 0.6 is 0 Å². The second kappa shape index (κ2) is 5.28. The molecule has 0 aliphatic carbocycles. The maximum Gasteiger partial charge on any atom is 0.330 e. The van der Waals surface area contributed by atoms with E-state index in [1.54, 1.807) is 13.0 Å². The molecule has 0 saturated heterocycles. The molecule has 0 saturated carbocycles. The van der Waals surface area contributed by atoms with Gasteiger partial charge in [-0.1, -0.05) is 13.0 Å². The third kappa shape index (κ3) is 4.94. The molecule has 1 unspecified atom stereocenters. The Morgan fingerprint density at radius 2 is 2.36 bits per heavy atom. The van der Waals surface area contributed by atoms with Crippen molar-refractivity contribution in [2.45, 2.75) is 19.4 Å². The maximum atomic E-state index is 10.4. The van der Waals surface area contributed by atoms with Crippen molar-refractivity contribution in [1.29, 1.82) is 0 Å². The Labute approximate surface area is 71.9 Å². The molecule has 1 N–H and O–H groups in total. The summed E-state index contributed by atoms with van der Waals surface area (Å²) in [6.07, 6.45) is 1.77. The van der Waals surface area contributed by atoms with Crippen LogP contribution in [0.2, 0.25) is 5.54 Å². The van der Waals surface area contributed by atoms with Crippen LogP contribution in [0.25, 0.3) is 0 Å². The third-order valence-electron chi connectivity index (χ3n) is 1.30. The smallest absolute Gasteiger partial charge is 0.330 e. The molecule has 0 aliphatic rings. The molecule has 0 aromatic carbocycles. The molecule has 0 spiro atoms. The summed E-state index contributed by atoms with van der Waals surface area (Å²) in [5.41, 5.74) is 0.757. The zero-order valence-electron chi connectivity index (χ0n) is 7.13. The number of hydrogen-bond donors (Lipinski definition) is 1. The van der Waals surface area contributed by atoms with Gasteiger partial charge in [-0.25, -0.2) is 4.79 Å². The Bertz CT molecular complexity index is 167. The zero-order chi connectivity index (χ0) is 8.85. The van der Waals surface area contributed by atoms with Gasteiger partial charge in [-0.15, -0.1) is 0 Å². The van der Waals surface area contributed by atoms with Crippen molar-refractivity contribution in [3.8, 4) is 0 Å². The topological polar surface area (TPSA) is 46.5 Å². The van der Waals surface area contributed by atoms with Crippen LogP contribution in [0.15, 0.2) is 11.6 Å². The van der Waals surface area contributed by atoms with Gasteiger partial charge in [0.1, 0.15) is 10.5 Å². The average molecular weight is 190 g/mol. The van der Waals surface area contributed by atoms with E-state index in [-0.39, 0.29) is 0 Å². The Morgan fingerprint density at radius 1 is 1.82 bits per heavy atom. The first kappa shape index (κ1) is 10.6. The Hall–Kier alpha value is -0.396. The highest BCUT2D eigenvalue weighted by atomic mass is 28.3. The average Bonchev–Trinajstić information content (AvgIpc) is 1.87. The summed E-state index contributed by atoms with van der Waals surface area (Å²) in [6, 6.07) is 0. The van der Waals surface area contributed by atoms with E-state index in [1.165, 1.54) is 0 Å². The first-order valence-electron chi connectivity index (χ1n) is 3.48. The minimum atomic E-state index is -0.834. The van der Waals surface area contributed by atoms with Gasteiger partial charge in [0.2, 0.25) is 0 Å². The number of carboxylic acid groups (broad SMARTS) is 1. The lowest BCUT2D eigenvalue weighted by atomic mass is 10.2. The van der Waals surface area contributed by atoms with Crippen LogP contribution in [-0.4, -0.2) is 31.3 Å². The van der Waals surface area contributed by atoms with Crippen molar-refractivity contribution in [2.24, 2.45) is 0 Å². The fourth-order valence-corrected chi connectivity index (χ4v) is 3.36. The zero-order valence-corrected chi connectivity index (χ0v) is 10.5. The molecule has 0 amide bonds. The van der Waals surface area contributed by atoms with Crippen LogP contribution in [0, 0.1) is 0 Å². The molecule has 0 aromatic rings. The molecular weight excluding hydrogens is 176 g/mol. The van der Waals surface area contributed by atoms with Crippen molar-refractivity contribution >= 4 is 26.2 Å². The minimum absolute atomic E-state index is 0.337. The maximum absolute atomic E-state index is 10.4. The summed E-state index contributed by atoms with van der Waals surface area (Å²) in [5.74, 6) is -0.834. The highest BCUT2D eigenvalue weighted by Crippen LogP contribution is 2.07. The van der Waals surface area contributed by atoms with Gasteiger partial charge in [0.05, 0.1) is 0 Å². The van der Waals surface area contributed by atoms with Crippen molar-refractivity contribution < 1.29 is 14.0 Å². The summed E-state index contributed by atoms with van der Waals surface area (Å²) in [6.45, 7) is 3.61. The molecule has 64 valence electrons. The SMILES string of the molecule is C/C(=C\C(C)[SiH2]O[SiH3])C(=O)O. The number of carbonyl (C=O) groups is 1.